The number of guanidine groups is 1. The molecular formula is C16H31N5O4S. The van der Waals surface area contributed by atoms with Crippen LogP contribution in [-0.4, -0.2) is 81.3 Å². The summed E-state index contributed by atoms with van der Waals surface area (Å²) in [6, 6.07) is 0.205. The molecule has 0 atom stereocenters. The number of hydrogen-bond donors (Lipinski definition) is 2. The third-order valence-corrected chi connectivity index (χ3v) is 6.24. The van der Waals surface area contributed by atoms with Gasteiger partial charge in [-0.1, -0.05) is 0 Å². The van der Waals surface area contributed by atoms with Crippen molar-refractivity contribution in [1.29, 1.82) is 0 Å². The second-order valence-electron chi connectivity index (χ2n) is 6.94. The van der Waals surface area contributed by atoms with Crippen LogP contribution in [0.25, 0.3) is 0 Å². The van der Waals surface area contributed by atoms with Gasteiger partial charge in [0.15, 0.2) is 5.96 Å². The van der Waals surface area contributed by atoms with E-state index in [-0.39, 0.29) is 12.1 Å². The number of rotatable bonds is 5. The first-order valence-corrected chi connectivity index (χ1v) is 11.1. The fourth-order valence-corrected chi connectivity index (χ4v) is 4.20. The van der Waals surface area contributed by atoms with Gasteiger partial charge in [0.25, 0.3) is 0 Å². The molecule has 0 aromatic heterocycles. The average molecular weight is 390 g/mol. The molecule has 150 valence electrons. The molecule has 2 rings (SSSR count). The molecule has 0 aliphatic carbocycles. The molecule has 2 aliphatic heterocycles. The zero-order valence-electron chi connectivity index (χ0n) is 15.7. The van der Waals surface area contributed by atoms with Crippen LogP contribution in [0.2, 0.25) is 0 Å². The molecule has 1 amide bonds. The van der Waals surface area contributed by atoms with E-state index in [2.05, 4.69) is 10.3 Å². The van der Waals surface area contributed by atoms with Crippen LogP contribution >= 0.6 is 0 Å². The van der Waals surface area contributed by atoms with Crippen molar-refractivity contribution in [3.05, 3.63) is 0 Å². The Labute approximate surface area is 156 Å². The predicted molar refractivity (Wildman–Crippen MR) is 100 cm³/mol. The van der Waals surface area contributed by atoms with E-state index in [1.165, 1.54) is 10.6 Å². The molecule has 0 aromatic carbocycles. The van der Waals surface area contributed by atoms with Crippen molar-refractivity contribution in [2.24, 2.45) is 16.6 Å². The molecule has 0 bridgehead atoms. The van der Waals surface area contributed by atoms with E-state index in [9.17, 15) is 13.2 Å². The standard InChI is InChI=1S/C16H31N5O4S/c1-3-25-16(22)20-8-6-14(7-9-20)19-15(17)18-12-13-4-10-21(11-5-13)26(2,23)24/h13-14H,3-12H2,1-2H3,(H3,17,18,19). The number of likely N-dealkylation sites (tertiary alicyclic amines) is 1. The minimum absolute atomic E-state index is 0.205. The third kappa shape index (κ3) is 6.31. The highest BCUT2D eigenvalue weighted by Crippen LogP contribution is 2.19. The van der Waals surface area contributed by atoms with Gasteiger partial charge >= 0.3 is 6.09 Å². The van der Waals surface area contributed by atoms with Crippen LogP contribution in [0, 0.1) is 5.92 Å². The van der Waals surface area contributed by atoms with E-state index in [4.69, 9.17) is 10.5 Å². The summed E-state index contributed by atoms with van der Waals surface area (Å²) in [5.41, 5.74) is 5.99. The summed E-state index contributed by atoms with van der Waals surface area (Å²) in [5.74, 6) is 0.782. The van der Waals surface area contributed by atoms with Gasteiger partial charge in [-0.15, -0.1) is 0 Å². The lowest BCUT2D eigenvalue weighted by Gasteiger charge is -2.32. The maximum absolute atomic E-state index is 11.7. The summed E-state index contributed by atoms with van der Waals surface area (Å²) in [7, 11) is -3.09. The smallest absolute Gasteiger partial charge is 0.409 e. The van der Waals surface area contributed by atoms with Crippen molar-refractivity contribution < 1.29 is 17.9 Å². The van der Waals surface area contributed by atoms with Gasteiger partial charge in [0, 0.05) is 38.8 Å². The molecule has 9 nitrogen and oxygen atoms in total. The second-order valence-corrected chi connectivity index (χ2v) is 8.92. The van der Waals surface area contributed by atoms with Gasteiger partial charge in [-0.3, -0.25) is 4.99 Å². The molecule has 2 fully saturated rings. The zero-order valence-corrected chi connectivity index (χ0v) is 16.5. The summed E-state index contributed by atoms with van der Waals surface area (Å²) in [6.07, 6.45) is 4.22. The van der Waals surface area contributed by atoms with Crippen LogP contribution in [0.1, 0.15) is 32.6 Å². The van der Waals surface area contributed by atoms with Crippen LogP contribution in [0.4, 0.5) is 4.79 Å². The van der Waals surface area contributed by atoms with E-state index in [1.807, 2.05) is 0 Å². The SMILES string of the molecule is CCOC(=O)N1CCC(NC(N)=NCC2CCN(S(C)(=O)=O)CC2)CC1. The number of amides is 1. The number of aliphatic imine (C=N–C) groups is 1. The summed E-state index contributed by atoms with van der Waals surface area (Å²) in [5, 5.41) is 3.23. The van der Waals surface area contributed by atoms with Crippen molar-refractivity contribution in [2.75, 3.05) is 45.6 Å². The van der Waals surface area contributed by atoms with Crippen LogP contribution in [0.3, 0.4) is 0 Å². The third-order valence-electron chi connectivity index (χ3n) is 4.94. The number of nitrogens with two attached hydrogens (primary N) is 1. The summed E-state index contributed by atoms with van der Waals surface area (Å²) in [4.78, 5) is 17.8. The molecule has 0 unspecified atom stereocenters. The Bertz CT molecular complexity index is 594. The van der Waals surface area contributed by atoms with Crippen LogP contribution < -0.4 is 11.1 Å². The summed E-state index contributed by atoms with van der Waals surface area (Å²) in [6.45, 7) is 5.20. The molecular weight excluding hydrogens is 358 g/mol. The van der Waals surface area contributed by atoms with E-state index in [0.717, 1.165) is 25.7 Å². The van der Waals surface area contributed by atoms with Gasteiger partial charge in [-0.2, -0.15) is 0 Å². The van der Waals surface area contributed by atoms with Crippen molar-refractivity contribution in [2.45, 2.75) is 38.6 Å². The zero-order chi connectivity index (χ0) is 19.2. The lowest BCUT2D eigenvalue weighted by atomic mass is 9.98. The van der Waals surface area contributed by atoms with E-state index in [1.54, 1.807) is 11.8 Å². The topological polar surface area (TPSA) is 117 Å². The van der Waals surface area contributed by atoms with E-state index in [0.29, 0.717) is 51.2 Å². The molecule has 3 N–H and O–H groups in total. The predicted octanol–water partition coefficient (Wildman–Crippen LogP) is 0.183. The number of carbonyl (C=O) groups is 1. The Morgan fingerprint density at radius 3 is 2.35 bits per heavy atom. The van der Waals surface area contributed by atoms with Gasteiger partial charge in [-0.05, 0) is 38.5 Å². The number of carbonyl (C=O) groups excluding carboxylic acids is 1. The highest BCUT2D eigenvalue weighted by atomic mass is 32.2. The van der Waals surface area contributed by atoms with Crippen molar-refractivity contribution in [1.82, 2.24) is 14.5 Å². The molecule has 0 spiro atoms. The number of nitrogens with zero attached hydrogens (tertiary/aromatic N) is 3. The normalized spacial score (nSPS) is 21.6. The molecule has 0 saturated carbocycles. The van der Waals surface area contributed by atoms with Crippen molar-refractivity contribution in [3.8, 4) is 0 Å². The highest BCUT2D eigenvalue weighted by Gasteiger charge is 2.25. The molecule has 2 heterocycles. The Hall–Kier alpha value is -1.55. The maximum Gasteiger partial charge on any atom is 0.409 e. The largest absolute Gasteiger partial charge is 0.450 e. The Morgan fingerprint density at radius 1 is 1.19 bits per heavy atom. The number of ether oxygens (including phenoxy) is 1. The number of piperidine rings is 2. The monoisotopic (exact) mass is 389 g/mol. The van der Waals surface area contributed by atoms with Gasteiger partial charge in [0.2, 0.25) is 10.0 Å². The molecule has 0 aromatic rings. The lowest BCUT2D eigenvalue weighted by Crippen LogP contribution is -2.48. The number of sulfonamides is 1. The van der Waals surface area contributed by atoms with Crippen LogP contribution in [-0.2, 0) is 14.8 Å². The fourth-order valence-electron chi connectivity index (χ4n) is 3.33. The van der Waals surface area contributed by atoms with Crippen LogP contribution in [0.5, 0.6) is 0 Å². The average Bonchev–Trinajstić information content (AvgIpc) is 2.60. The molecule has 10 heteroatoms. The lowest BCUT2D eigenvalue weighted by molar-refractivity contribution is 0.0963. The first kappa shape index (κ1) is 20.8. The molecule has 26 heavy (non-hydrogen) atoms. The Morgan fingerprint density at radius 2 is 1.81 bits per heavy atom. The minimum Gasteiger partial charge on any atom is -0.450 e. The fraction of sp³-hybridized carbons (Fsp3) is 0.875. The van der Waals surface area contributed by atoms with Gasteiger partial charge < -0.3 is 20.7 Å². The van der Waals surface area contributed by atoms with E-state index >= 15 is 0 Å². The highest BCUT2D eigenvalue weighted by molar-refractivity contribution is 7.88. The molecule has 0 radical (unpaired) electrons. The van der Waals surface area contributed by atoms with Gasteiger partial charge in [-0.25, -0.2) is 17.5 Å². The van der Waals surface area contributed by atoms with Gasteiger partial charge in [0.1, 0.15) is 0 Å². The van der Waals surface area contributed by atoms with Crippen molar-refractivity contribution in [3.63, 3.8) is 0 Å². The molecule has 2 saturated heterocycles. The number of nitrogens with one attached hydrogen (secondary N) is 1. The minimum atomic E-state index is -3.09. The first-order chi connectivity index (χ1) is 12.3. The Balaban J connectivity index is 1.69. The first-order valence-electron chi connectivity index (χ1n) is 9.23. The Kier molecular flexibility index (Phi) is 7.51. The second kappa shape index (κ2) is 9.40. The summed E-state index contributed by atoms with van der Waals surface area (Å²) < 4.78 is 29.6. The quantitative estimate of drug-likeness (QED) is 0.512. The van der Waals surface area contributed by atoms with E-state index < -0.39 is 10.0 Å². The molecule has 2 aliphatic rings. The maximum atomic E-state index is 11.7. The van der Waals surface area contributed by atoms with Gasteiger partial charge in [0.05, 0.1) is 12.9 Å². The summed E-state index contributed by atoms with van der Waals surface area (Å²) >= 11 is 0. The van der Waals surface area contributed by atoms with Crippen molar-refractivity contribution >= 4 is 22.1 Å². The van der Waals surface area contributed by atoms with Crippen LogP contribution in [0.15, 0.2) is 4.99 Å². The number of hydrogen-bond acceptors (Lipinski definition) is 5.